The second-order valence-corrected chi connectivity index (χ2v) is 5.45. The summed E-state index contributed by atoms with van der Waals surface area (Å²) in [6, 6.07) is 7.83. The molecular weight excluding hydrogens is 296 g/mol. The van der Waals surface area contributed by atoms with Crippen LogP contribution in [-0.2, 0) is 20.7 Å². The van der Waals surface area contributed by atoms with Gasteiger partial charge < -0.3 is 9.47 Å². The molecule has 98 valence electrons. The Kier molecular flexibility index (Phi) is 4.54. The highest BCUT2D eigenvalue weighted by Gasteiger charge is 2.39. The second kappa shape index (κ2) is 5.95. The fraction of sp³-hybridized carbons (Fsp3) is 0.500. The van der Waals surface area contributed by atoms with Crippen molar-refractivity contribution >= 4 is 21.7 Å². The van der Waals surface area contributed by atoms with Crippen LogP contribution in [0, 0.1) is 0 Å². The SMILES string of the molecule is COC1(C(=O)Cc2ccc(Br)cc2)CCOCC1. The Morgan fingerprint density at radius 3 is 2.50 bits per heavy atom. The van der Waals surface area contributed by atoms with Crippen molar-refractivity contribution in [3.63, 3.8) is 0 Å². The summed E-state index contributed by atoms with van der Waals surface area (Å²) in [6.45, 7) is 1.19. The van der Waals surface area contributed by atoms with Gasteiger partial charge >= 0.3 is 0 Å². The maximum atomic E-state index is 12.4. The average Bonchev–Trinajstić information content (AvgIpc) is 2.42. The van der Waals surface area contributed by atoms with Crippen LogP contribution in [0.4, 0.5) is 0 Å². The van der Waals surface area contributed by atoms with E-state index in [2.05, 4.69) is 15.9 Å². The Morgan fingerprint density at radius 1 is 1.33 bits per heavy atom. The third-order valence-corrected chi connectivity index (χ3v) is 4.01. The minimum atomic E-state index is -0.647. The first kappa shape index (κ1) is 13.7. The van der Waals surface area contributed by atoms with Gasteiger partial charge in [0.2, 0.25) is 0 Å². The largest absolute Gasteiger partial charge is 0.381 e. The number of ether oxygens (including phenoxy) is 2. The van der Waals surface area contributed by atoms with Gasteiger partial charge in [-0.2, -0.15) is 0 Å². The predicted molar refractivity (Wildman–Crippen MR) is 72.6 cm³/mol. The van der Waals surface area contributed by atoms with Crippen molar-refractivity contribution in [2.24, 2.45) is 0 Å². The number of carbonyl (C=O) groups is 1. The summed E-state index contributed by atoms with van der Waals surface area (Å²) in [5, 5.41) is 0. The monoisotopic (exact) mass is 312 g/mol. The number of ketones is 1. The number of rotatable bonds is 4. The molecule has 1 heterocycles. The van der Waals surface area contributed by atoms with E-state index in [0.29, 0.717) is 32.5 Å². The molecule has 0 atom stereocenters. The molecule has 1 saturated heterocycles. The zero-order chi connectivity index (χ0) is 13.0. The van der Waals surface area contributed by atoms with Gasteiger partial charge in [0.25, 0.3) is 0 Å². The summed E-state index contributed by atoms with van der Waals surface area (Å²) in [5.74, 6) is 0.149. The van der Waals surface area contributed by atoms with E-state index in [4.69, 9.17) is 9.47 Å². The van der Waals surface area contributed by atoms with Crippen molar-refractivity contribution in [3.8, 4) is 0 Å². The summed E-state index contributed by atoms with van der Waals surface area (Å²) in [6.07, 6.45) is 1.72. The van der Waals surface area contributed by atoms with Crippen molar-refractivity contribution in [1.29, 1.82) is 0 Å². The van der Waals surface area contributed by atoms with Crippen LogP contribution in [0.2, 0.25) is 0 Å². The number of hydrogen-bond acceptors (Lipinski definition) is 3. The van der Waals surface area contributed by atoms with E-state index < -0.39 is 5.60 Å². The molecule has 0 saturated carbocycles. The van der Waals surface area contributed by atoms with Crippen molar-refractivity contribution < 1.29 is 14.3 Å². The van der Waals surface area contributed by atoms with Crippen LogP contribution in [0.25, 0.3) is 0 Å². The number of halogens is 1. The zero-order valence-electron chi connectivity index (χ0n) is 10.4. The number of methoxy groups -OCH3 is 1. The molecule has 18 heavy (non-hydrogen) atoms. The van der Waals surface area contributed by atoms with Gasteiger partial charge in [0, 0.05) is 44.1 Å². The first-order valence-electron chi connectivity index (χ1n) is 6.07. The van der Waals surface area contributed by atoms with Gasteiger partial charge in [-0.15, -0.1) is 0 Å². The van der Waals surface area contributed by atoms with E-state index in [1.165, 1.54) is 0 Å². The van der Waals surface area contributed by atoms with Crippen molar-refractivity contribution in [2.45, 2.75) is 24.9 Å². The highest BCUT2D eigenvalue weighted by atomic mass is 79.9. The van der Waals surface area contributed by atoms with Gasteiger partial charge in [-0.1, -0.05) is 28.1 Å². The second-order valence-electron chi connectivity index (χ2n) is 4.54. The van der Waals surface area contributed by atoms with Crippen LogP contribution < -0.4 is 0 Å². The molecule has 1 aliphatic rings. The molecule has 0 amide bonds. The Bertz CT molecular complexity index is 408. The van der Waals surface area contributed by atoms with Crippen molar-refractivity contribution in [2.75, 3.05) is 20.3 Å². The van der Waals surface area contributed by atoms with Crippen LogP contribution in [0.1, 0.15) is 18.4 Å². The van der Waals surface area contributed by atoms with E-state index in [9.17, 15) is 4.79 Å². The molecule has 0 N–H and O–H groups in total. The fourth-order valence-corrected chi connectivity index (χ4v) is 2.51. The molecule has 1 aliphatic heterocycles. The van der Waals surface area contributed by atoms with Gasteiger partial charge in [-0.25, -0.2) is 0 Å². The van der Waals surface area contributed by atoms with Gasteiger partial charge in [0.15, 0.2) is 5.78 Å². The first-order chi connectivity index (χ1) is 8.66. The smallest absolute Gasteiger partial charge is 0.169 e. The highest BCUT2D eigenvalue weighted by Crippen LogP contribution is 2.27. The molecule has 0 spiro atoms. The first-order valence-corrected chi connectivity index (χ1v) is 6.86. The van der Waals surface area contributed by atoms with Gasteiger partial charge in [-0.05, 0) is 17.7 Å². The van der Waals surface area contributed by atoms with Crippen molar-refractivity contribution in [3.05, 3.63) is 34.3 Å². The van der Waals surface area contributed by atoms with Crippen LogP contribution in [0.5, 0.6) is 0 Å². The van der Waals surface area contributed by atoms with E-state index in [1.807, 2.05) is 24.3 Å². The van der Waals surface area contributed by atoms with Gasteiger partial charge in [0.05, 0.1) is 0 Å². The summed E-state index contributed by atoms with van der Waals surface area (Å²) in [7, 11) is 1.62. The van der Waals surface area contributed by atoms with E-state index in [-0.39, 0.29) is 5.78 Å². The van der Waals surface area contributed by atoms with Crippen LogP contribution in [-0.4, -0.2) is 31.7 Å². The maximum Gasteiger partial charge on any atom is 0.169 e. The predicted octanol–water partition coefficient (Wildman–Crippen LogP) is 2.76. The Hall–Kier alpha value is -0.710. The molecule has 0 aliphatic carbocycles. The Balaban J connectivity index is 2.07. The minimum absolute atomic E-state index is 0.149. The normalized spacial score (nSPS) is 18.6. The molecule has 0 unspecified atom stereocenters. The van der Waals surface area contributed by atoms with E-state index in [0.717, 1.165) is 10.0 Å². The Morgan fingerprint density at radius 2 is 1.94 bits per heavy atom. The molecule has 0 bridgehead atoms. The summed E-state index contributed by atoms with van der Waals surface area (Å²) in [4.78, 5) is 12.4. The molecule has 3 nitrogen and oxygen atoms in total. The van der Waals surface area contributed by atoms with Crippen LogP contribution in [0.3, 0.4) is 0 Å². The lowest BCUT2D eigenvalue weighted by molar-refractivity contribution is -0.151. The van der Waals surface area contributed by atoms with Gasteiger partial charge in [-0.3, -0.25) is 4.79 Å². The Labute approximate surface area is 116 Å². The zero-order valence-corrected chi connectivity index (χ0v) is 12.0. The number of carbonyl (C=O) groups excluding carboxylic acids is 1. The van der Waals surface area contributed by atoms with Gasteiger partial charge in [0.1, 0.15) is 5.60 Å². The number of hydrogen-bond donors (Lipinski definition) is 0. The summed E-state index contributed by atoms with van der Waals surface area (Å²) >= 11 is 3.39. The third-order valence-electron chi connectivity index (χ3n) is 3.48. The molecule has 1 aromatic carbocycles. The quantitative estimate of drug-likeness (QED) is 0.857. The highest BCUT2D eigenvalue weighted by molar-refractivity contribution is 9.10. The average molecular weight is 313 g/mol. The van der Waals surface area contributed by atoms with E-state index in [1.54, 1.807) is 7.11 Å². The molecule has 1 fully saturated rings. The lowest BCUT2D eigenvalue weighted by Crippen LogP contribution is -2.46. The topological polar surface area (TPSA) is 35.5 Å². The minimum Gasteiger partial charge on any atom is -0.381 e. The maximum absolute atomic E-state index is 12.4. The van der Waals surface area contributed by atoms with E-state index >= 15 is 0 Å². The lowest BCUT2D eigenvalue weighted by atomic mass is 9.86. The van der Waals surface area contributed by atoms with Crippen LogP contribution >= 0.6 is 15.9 Å². The van der Waals surface area contributed by atoms with Crippen molar-refractivity contribution in [1.82, 2.24) is 0 Å². The summed E-state index contributed by atoms with van der Waals surface area (Å²) < 4.78 is 11.8. The lowest BCUT2D eigenvalue weighted by Gasteiger charge is -2.34. The molecule has 2 rings (SSSR count). The number of Topliss-reactive ketones (excluding diaryl/α,β-unsaturated/α-hetero) is 1. The molecule has 0 aromatic heterocycles. The molecule has 4 heteroatoms. The summed E-state index contributed by atoms with van der Waals surface area (Å²) in [5.41, 5.74) is 0.372. The fourth-order valence-electron chi connectivity index (χ4n) is 2.25. The standard InChI is InChI=1S/C14H17BrO3/c1-17-14(6-8-18-9-7-14)13(16)10-11-2-4-12(15)5-3-11/h2-5H,6-10H2,1H3. The molecule has 1 aromatic rings. The molecular formula is C14H17BrO3. The van der Waals surface area contributed by atoms with Crippen LogP contribution in [0.15, 0.2) is 28.7 Å². The number of benzene rings is 1. The molecule has 0 radical (unpaired) electrons. The third kappa shape index (κ3) is 2.99.